The summed E-state index contributed by atoms with van der Waals surface area (Å²) in [5, 5.41) is 2.84. The molecule has 0 saturated carbocycles. The lowest BCUT2D eigenvalue weighted by atomic mass is 9.92. The first-order chi connectivity index (χ1) is 19.1. The van der Waals surface area contributed by atoms with E-state index in [1.54, 1.807) is 12.0 Å². The Morgan fingerprint density at radius 1 is 0.950 bits per heavy atom. The lowest BCUT2D eigenvalue weighted by Crippen LogP contribution is -2.52. The molecule has 4 rings (SSSR count). The highest BCUT2D eigenvalue weighted by atomic mass is 16.6. The van der Waals surface area contributed by atoms with Gasteiger partial charge in [-0.15, -0.1) is 0 Å². The molecule has 2 aliphatic rings. The van der Waals surface area contributed by atoms with Gasteiger partial charge in [-0.2, -0.15) is 0 Å². The van der Waals surface area contributed by atoms with E-state index in [-0.39, 0.29) is 24.6 Å². The Balaban J connectivity index is 1.24. The number of carbonyl (C=O) groups excluding carboxylic acids is 3. The lowest BCUT2D eigenvalue weighted by Gasteiger charge is -2.35. The van der Waals surface area contributed by atoms with Gasteiger partial charge in [0.05, 0.1) is 13.7 Å². The van der Waals surface area contributed by atoms with Crippen LogP contribution in [-0.2, 0) is 16.1 Å². The Morgan fingerprint density at radius 3 is 2.23 bits per heavy atom. The van der Waals surface area contributed by atoms with Crippen LogP contribution in [0.25, 0.3) is 0 Å². The molecule has 2 aromatic carbocycles. The number of urea groups is 1. The number of amides is 4. The number of carbonyl (C=O) groups is 3. The summed E-state index contributed by atoms with van der Waals surface area (Å²) in [5.74, 6) is 1.23. The average molecular weight is 551 g/mol. The Hall–Kier alpha value is -3.75. The fraction of sp³-hybridized carbons (Fsp3) is 0.516. The van der Waals surface area contributed by atoms with Crippen LogP contribution < -0.4 is 19.9 Å². The van der Waals surface area contributed by atoms with Gasteiger partial charge >= 0.3 is 12.1 Å². The first-order valence-electron chi connectivity index (χ1n) is 14.2. The number of alkyl carbamates (subject to hydrolysis) is 1. The summed E-state index contributed by atoms with van der Waals surface area (Å²) in [6, 6.07) is 15.2. The highest BCUT2D eigenvalue weighted by Crippen LogP contribution is 2.29. The molecular formula is C31H42N4O5. The van der Waals surface area contributed by atoms with Crippen LogP contribution in [0.5, 0.6) is 5.75 Å². The number of methoxy groups -OCH3 is 1. The third kappa shape index (κ3) is 7.90. The first-order valence-corrected chi connectivity index (χ1v) is 14.2. The largest absolute Gasteiger partial charge is 0.497 e. The molecular weight excluding hydrogens is 508 g/mol. The minimum atomic E-state index is -0.477. The summed E-state index contributed by atoms with van der Waals surface area (Å²) >= 11 is 0. The molecule has 216 valence electrons. The Bertz CT molecular complexity index is 1150. The number of nitrogens with one attached hydrogen (secondary N) is 1. The number of rotatable bonds is 9. The van der Waals surface area contributed by atoms with Gasteiger partial charge in [-0.1, -0.05) is 12.1 Å². The third-order valence-corrected chi connectivity index (χ3v) is 7.41. The molecule has 2 fully saturated rings. The number of hydrogen-bond donors (Lipinski definition) is 1. The van der Waals surface area contributed by atoms with Crippen molar-refractivity contribution in [1.82, 2.24) is 10.2 Å². The zero-order valence-electron chi connectivity index (χ0n) is 24.2. The van der Waals surface area contributed by atoms with Crippen molar-refractivity contribution in [3.05, 3.63) is 54.1 Å². The summed E-state index contributed by atoms with van der Waals surface area (Å²) in [4.78, 5) is 43.0. The molecule has 2 aromatic rings. The zero-order chi connectivity index (χ0) is 28.7. The maximum Gasteiger partial charge on any atom is 0.407 e. The zero-order valence-corrected chi connectivity index (χ0v) is 24.2. The molecule has 2 aliphatic heterocycles. The Labute approximate surface area is 237 Å². The molecule has 0 radical (unpaired) electrons. The smallest absolute Gasteiger partial charge is 0.407 e. The van der Waals surface area contributed by atoms with E-state index in [0.717, 1.165) is 61.5 Å². The number of hydrogen-bond acceptors (Lipinski definition) is 6. The van der Waals surface area contributed by atoms with Crippen molar-refractivity contribution in [1.29, 1.82) is 0 Å². The molecule has 9 nitrogen and oxygen atoms in total. The van der Waals surface area contributed by atoms with Gasteiger partial charge in [-0.3, -0.25) is 14.6 Å². The molecule has 0 atom stereocenters. The minimum Gasteiger partial charge on any atom is -0.497 e. The number of imide groups is 1. The summed E-state index contributed by atoms with van der Waals surface area (Å²) in [5.41, 5.74) is 2.34. The van der Waals surface area contributed by atoms with Gasteiger partial charge in [0.1, 0.15) is 11.4 Å². The van der Waals surface area contributed by atoms with Crippen LogP contribution in [0.4, 0.5) is 21.0 Å². The Kier molecular flexibility index (Phi) is 9.55. The first kappa shape index (κ1) is 29.2. The van der Waals surface area contributed by atoms with Gasteiger partial charge in [0.25, 0.3) is 0 Å². The molecule has 0 spiro atoms. The van der Waals surface area contributed by atoms with E-state index in [9.17, 15) is 14.4 Å². The van der Waals surface area contributed by atoms with Crippen LogP contribution in [-0.4, -0.2) is 61.8 Å². The predicted octanol–water partition coefficient (Wildman–Crippen LogP) is 5.58. The van der Waals surface area contributed by atoms with Crippen LogP contribution in [0.1, 0.15) is 58.4 Å². The predicted molar refractivity (Wildman–Crippen MR) is 156 cm³/mol. The maximum absolute atomic E-state index is 13.3. The van der Waals surface area contributed by atoms with Crippen molar-refractivity contribution in [3.8, 4) is 5.75 Å². The molecule has 2 saturated heterocycles. The van der Waals surface area contributed by atoms with Gasteiger partial charge in [0.15, 0.2) is 0 Å². The number of benzene rings is 2. The van der Waals surface area contributed by atoms with Gasteiger partial charge in [-0.05, 0) is 94.3 Å². The third-order valence-electron chi connectivity index (χ3n) is 7.41. The van der Waals surface area contributed by atoms with E-state index >= 15 is 0 Å². The van der Waals surface area contributed by atoms with Crippen LogP contribution in [0.15, 0.2) is 48.5 Å². The second-order valence-corrected chi connectivity index (χ2v) is 11.5. The molecule has 1 N–H and O–H groups in total. The van der Waals surface area contributed by atoms with E-state index in [1.807, 2.05) is 57.2 Å². The van der Waals surface area contributed by atoms with Crippen LogP contribution in [0, 0.1) is 5.92 Å². The molecule has 0 aliphatic carbocycles. The number of ether oxygens (including phenoxy) is 2. The van der Waals surface area contributed by atoms with Crippen molar-refractivity contribution in [2.45, 2.75) is 65.0 Å². The van der Waals surface area contributed by atoms with Crippen molar-refractivity contribution in [3.63, 3.8) is 0 Å². The molecule has 4 amide bonds. The highest BCUT2D eigenvalue weighted by molar-refractivity contribution is 6.05. The van der Waals surface area contributed by atoms with Gasteiger partial charge in [0, 0.05) is 44.0 Å². The number of anilines is 2. The van der Waals surface area contributed by atoms with Crippen LogP contribution >= 0.6 is 0 Å². The fourth-order valence-corrected chi connectivity index (χ4v) is 5.22. The topological polar surface area (TPSA) is 91.4 Å². The molecule has 9 heteroatoms. The molecule has 0 unspecified atom stereocenters. The molecule has 40 heavy (non-hydrogen) atoms. The van der Waals surface area contributed by atoms with Crippen molar-refractivity contribution < 1.29 is 23.9 Å². The molecule has 0 bridgehead atoms. The fourth-order valence-electron chi connectivity index (χ4n) is 5.22. The standard InChI is InChI=1S/C31H42N4O5/c1-31(2,3)40-29(37)32-18-5-6-23-15-19-33(20-16-23)25-9-11-26(12-10-25)34-21-17-28(36)35(30(34)38)22-24-7-13-27(39-4)14-8-24/h7-14,23H,5-6,15-22H2,1-4H3,(H,32,37). The summed E-state index contributed by atoms with van der Waals surface area (Å²) in [6.07, 6.45) is 4.20. The van der Waals surface area contributed by atoms with Crippen LogP contribution in [0.2, 0.25) is 0 Å². The lowest BCUT2D eigenvalue weighted by molar-refractivity contribution is -0.129. The van der Waals surface area contributed by atoms with E-state index in [0.29, 0.717) is 25.4 Å². The molecule has 0 aromatic heterocycles. The van der Waals surface area contributed by atoms with Crippen molar-refractivity contribution in [2.24, 2.45) is 5.92 Å². The van der Waals surface area contributed by atoms with Crippen molar-refractivity contribution >= 4 is 29.4 Å². The second-order valence-electron chi connectivity index (χ2n) is 11.5. The second kappa shape index (κ2) is 13.1. The quantitative estimate of drug-likeness (QED) is 0.410. The minimum absolute atomic E-state index is 0.155. The van der Waals surface area contributed by atoms with E-state index in [1.165, 1.54) is 4.90 Å². The summed E-state index contributed by atoms with van der Waals surface area (Å²) < 4.78 is 10.5. The Morgan fingerprint density at radius 2 is 1.60 bits per heavy atom. The highest BCUT2D eigenvalue weighted by Gasteiger charge is 2.33. The SMILES string of the molecule is COc1ccc(CN2C(=O)CCN(c3ccc(N4CCC(CCCNC(=O)OC(C)(C)C)CC4)cc3)C2=O)cc1. The van der Waals surface area contributed by atoms with Gasteiger partial charge in [0.2, 0.25) is 5.91 Å². The van der Waals surface area contributed by atoms with E-state index in [4.69, 9.17) is 9.47 Å². The van der Waals surface area contributed by atoms with Crippen molar-refractivity contribution in [2.75, 3.05) is 43.1 Å². The average Bonchev–Trinajstić information content (AvgIpc) is 2.93. The molecule has 2 heterocycles. The maximum atomic E-state index is 13.3. The summed E-state index contributed by atoms with van der Waals surface area (Å²) in [6.45, 7) is 8.81. The monoisotopic (exact) mass is 550 g/mol. The van der Waals surface area contributed by atoms with Crippen LogP contribution in [0.3, 0.4) is 0 Å². The van der Waals surface area contributed by atoms with E-state index in [2.05, 4.69) is 22.3 Å². The van der Waals surface area contributed by atoms with E-state index < -0.39 is 5.60 Å². The van der Waals surface area contributed by atoms with Gasteiger partial charge in [-0.25, -0.2) is 9.59 Å². The van der Waals surface area contributed by atoms with Gasteiger partial charge < -0.3 is 19.7 Å². The number of piperidine rings is 1. The normalized spacial score (nSPS) is 16.8. The number of nitrogens with zero attached hydrogens (tertiary/aromatic N) is 3. The summed E-state index contributed by atoms with van der Waals surface area (Å²) in [7, 11) is 1.61.